The van der Waals surface area contributed by atoms with Crippen molar-refractivity contribution in [2.75, 3.05) is 6.61 Å². The predicted octanol–water partition coefficient (Wildman–Crippen LogP) is 2.49. The van der Waals surface area contributed by atoms with Gasteiger partial charge in [-0.3, -0.25) is 4.79 Å². The van der Waals surface area contributed by atoms with Gasteiger partial charge in [0.05, 0.1) is 17.7 Å². The number of piperidine rings is 1. The summed E-state index contributed by atoms with van der Waals surface area (Å²) >= 11 is 0. The van der Waals surface area contributed by atoms with E-state index in [1.54, 1.807) is 0 Å². The Hall–Kier alpha value is -1.55. The third-order valence-electron chi connectivity index (χ3n) is 4.25. The van der Waals surface area contributed by atoms with Gasteiger partial charge in [0.25, 0.3) is 5.91 Å². The second-order valence-electron chi connectivity index (χ2n) is 8.07. The lowest BCUT2D eigenvalue weighted by molar-refractivity contribution is -0.787. The molecule has 0 unspecified atom stereocenters. The number of ether oxygens (including phenoxy) is 1. The number of benzene rings is 1. The number of amides is 1. The summed E-state index contributed by atoms with van der Waals surface area (Å²) in [4.78, 5) is 12.5. The van der Waals surface area contributed by atoms with Gasteiger partial charge >= 0.3 is 0 Å². The van der Waals surface area contributed by atoms with Crippen molar-refractivity contribution in [3.05, 3.63) is 29.8 Å². The van der Waals surface area contributed by atoms with Gasteiger partial charge in [0.1, 0.15) is 5.75 Å². The number of carbonyl (C=O) groups is 1. The summed E-state index contributed by atoms with van der Waals surface area (Å²) in [7, 11) is 0. The van der Waals surface area contributed by atoms with Crippen molar-refractivity contribution >= 4 is 5.91 Å². The normalized spacial score (nSPS) is 20.0. The standard InChI is InChI=1S/C19H30N2O2/c1-6-11-23-16-9-7-14(8-10-16)17(22)20-15-12-18(2,3)21-19(4,5)13-15/h7-10,15,21H,6,11-13H2,1-5H3,(H,20,22)/p+1. The molecule has 1 aliphatic heterocycles. The van der Waals surface area contributed by atoms with Gasteiger partial charge in [-0.15, -0.1) is 0 Å². The molecule has 3 N–H and O–H groups in total. The van der Waals surface area contributed by atoms with Crippen LogP contribution in [0.3, 0.4) is 0 Å². The molecular formula is C19H31N2O2+. The lowest BCUT2D eigenvalue weighted by Crippen LogP contribution is -3.06. The molecule has 1 fully saturated rings. The van der Waals surface area contributed by atoms with Gasteiger partial charge in [-0.05, 0) is 58.4 Å². The van der Waals surface area contributed by atoms with E-state index in [0.29, 0.717) is 12.2 Å². The van der Waals surface area contributed by atoms with E-state index < -0.39 is 0 Å². The fourth-order valence-corrected chi connectivity index (χ4v) is 3.81. The van der Waals surface area contributed by atoms with E-state index in [1.165, 1.54) is 0 Å². The minimum Gasteiger partial charge on any atom is -0.494 e. The first kappa shape index (κ1) is 17.8. The fraction of sp³-hybridized carbons (Fsp3) is 0.632. The van der Waals surface area contributed by atoms with Gasteiger partial charge in [-0.25, -0.2) is 0 Å². The van der Waals surface area contributed by atoms with E-state index in [1.807, 2.05) is 24.3 Å². The van der Waals surface area contributed by atoms with E-state index in [4.69, 9.17) is 4.74 Å². The zero-order chi connectivity index (χ0) is 17.1. The molecule has 23 heavy (non-hydrogen) atoms. The number of rotatable bonds is 5. The predicted molar refractivity (Wildman–Crippen MR) is 92.8 cm³/mol. The quantitative estimate of drug-likeness (QED) is 0.876. The molecular weight excluding hydrogens is 288 g/mol. The number of carbonyl (C=O) groups excluding carboxylic acids is 1. The van der Waals surface area contributed by atoms with Crippen LogP contribution in [0.25, 0.3) is 0 Å². The maximum atomic E-state index is 12.5. The van der Waals surface area contributed by atoms with E-state index in [-0.39, 0.29) is 23.0 Å². The highest BCUT2D eigenvalue weighted by Crippen LogP contribution is 2.22. The Labute approximate surface area is 140 Å². The minimum absolute atomic E-state index is 0.00513. The second-order valence-corrected chi connectivity index (χ2v) is 8.07. The summed E-state index contributed by atoms with van der Waals surface area (Å²) in [5.41, 5.74) is 0.994. The third-order valence-corrected chi connectivity index (χ3v) is 4.25. The van der Waals surface area contributed by atoms with E-state index in [9.17, 15) is 4.79 Å². The molecule has 0 aromatic heterocycles. The first-order valence-electron chi connectivity index (χ1n) is 8.62. The molecule has 4 heteroatoms. The van der Waals surface area contributed by atoms with Crippen LogP contribution in [0.2, 0.25) is 0 Å². The molecule has 0 spiro atoms. The van der Waals surface area contributed by atoms with E-state index in [2.05, 4.69) is 45.3 Å². The smallest absolute Gasteiger partial charge is 0.251 e. The first-order chi connectivity index (χ1) is 10.7. The number of hydrogen-bond donors (Lipinski definition) is 2. The fourth-order valence-electron chi connectivity index (χ4n) is 3.81. The summed E-state index contributed by atoms with van der Waals surface area (Å²) in [6.07, 6.45) is 2.95. The molecule has 1 saturated heterocycles. The zero-order valence-corrected chi connectivity index (χ0v) is 15.1. The molecule has 4 nitrogen and oxygen atoms in total. The van der Waals surface area contributed by atoms with Gasteiger partial charge in [0, 0.05) is 24.4 Å². The number of hydrogen-bond acceptors (Lipinski definition) is 2. The van der Waals surface area contributed by atoms with Crippen LogP contribution < -0.4 is 15.4 Å². The molecule has 0 atom stereocenters. The Morgan fingerprint density at radius 1 is 1.17 bits per heavy atom. The van der Waals surface area contributed by atoms with E-state index in [0.717, 1.165) is 25.0 Å². The Morgan fingerprint density at radius 2 is 1.74 bits per heavy atom. The van der Waals surface area contributed by atoms with Gasteiger partial charge in [-0.2, -0.15) is 0 Å². The van der Waals surface area contributed by atoms with Crippen LogP contribution in [-0.4, -0.2) is 29.6 Å². The zero-order valence-electron chi connectivity index (χ0n) is 15.1. The largest absolute Gasteiger partial charge is 0.494 e. The molecule has 0 aliphatic carbocycles. The molecule has 0 radical (unpaired) electrons. The summed E-state index contributed by atoms with van der Waals surface area (Å²) < 4.78 is 5.56. The number of nitrogens with two attached hydrogens (primary N) is 1. The topological polar surface area (TPSA) is 54.9 Å². The molecule has 1 aromatic rings. The number of quaternary nitrogens is 1. The van der Waals surface area contributed by atoms with Crippen LogP contribution in [0.1, 0.15) is 64.2 Å². The lowest BCUT2D eigenvalue weighted by atomic mass is 9.79. The summed E-state index contributed by atoms with van der Waals surface area (Å²) in [5, 5.41) is 5.63. The average Bonchev–Trinajstić information content (AvgIpc) is 2.42. The summed E-state index contributed by atoms with van der Waals surface area (Å²) in [6, 6.07) is 7.63. The maximum Gasteiger partial charge on any atom is 0.251 e. The second kappa shape index (κ2) is 6.91. The van der Waals surface area contributed by atoms with Crippen molar-refractivity contribution in [1.29, 1.82) is 0 Å². The van der Waals surface area contributed by atoms with Crippen LogP contribution in [0.5, 0.6) is 5.75 Å². The molecule has 1 heterocycles. The maximum absolute atomic E-state index is 12.5. The monoisotopic (exact) mass is 319 g/mol. The highest BCUT2D eigenvalue weighted by atomic mass is 16.5. The lowest BCUT2D eigenvalue weighted by Gasteiger charge is -2.43. The summed E-state index contributed by atoms with van der Waals surface area (Å²) in [6.45, 7) is 11.8. The van der Waals surface area contributed by atoms with Gasteiger partial charge < -0.3 is 15.4 Å². The Bertz CT molecular complexity index is 519. The molecule has 0 saturated carbocycles. The Balaban J connectivity index is 1.98. The van der Waals surface area contributed by atoms with Crippen molar-refractivity contribution in [3.63, 3.8) is 0 Å². The van der Waals surface area contributed by atoms with Gasteiger partial charge in [0.2, 0.25) is 0 Å². The third kappa shape index (κ3) is 5.24. The van der Waals surface area contributed by atoms with Gasteiger partial charge in [-0.1, -0.05) is 6.92 Å². The minimum atomic E-state index is 0.00513. The molecule has 0 bridgehead atoms. The van der Waals surface area contributed by atoms with Crippen molar-refractivity contribution < 1.29 is 14.8 Å². The van der Waals surface area contributed by atoms with Gasteiger partial charge in [0.15, 0.2) is 0 Å². The molecule has 1 aliphatic rings. The highest BCUT2D eigenvalue weighted by Gasteiger charge is 2.42. The van der Waals surface area contributed by atoms with Crippen molar-refractivity contribution in [3.8, 4) is 5.75 Å². The van der Waals surface area contributed by atoms with Crippen LogP contribution in [0.4, 0.5) is 0 Å². The van der Waals surface area contributed by atoms with Crippen molar-refractivity contribution in [2.24, 2.45) is 0 Å². The SMILES string of the molecule is CCCOc1ccc(C(=O)NC2CC(C)(C)[NH2+]C(C)(C)C2)cc1. The average molecular weight is 319 g/mol. The van der Waals surface area contributed by atoms with Crippen LogP contribution in [-0.2, 0) is 0 Å². The Morgan fingerprint density at radius 3 is 2.26 bits per heavy atom. The molecule has 128 valence electrons. The molecule has 1 amide bonds. The van der Waals surface area contributed by atoms with Crippen molar-refractivity contribution in [1.82, 2.24) is 5.32 Å². The summed E-state index contributed by atoms with van der Waals surface area (Å²) in [5.74, 6) is 0.823. The first-order valence-corrected chi connectivity index (χ1v) is 8.62. The molecule has 2 rings (SSSR count). The Kier molecular flexibility index (Phi) is 5.35. The van der Waals surface area contributed by atoms with Crippen molar-refractivity contribution in [2.45, 2.75) is 71.0 Å². The molecule has 1 aromatic carbocycles. The highest BCUT2D eigenvalue weighted by molar-refractivity contribution is 5.94. The van der Waals surface area contributed by atoms with Crippen LogP contribution >= 0.6 is 0 Å². The van der Waals surface area contributed by atoms with E-state index >= 15 is 0 Å². The van der Waals surface area contributed by atoms with Crippen LogP contribution in [0, 0.1) is 0 Å². The number of nitrogens with one attached hydrogen (secondary N) is 1. The van der Waals surface area contributed by atoms with Crippen LogP contribution in [0.15, 0.2) is 24.3 Å².